The van der Waals surface area contributed by atoms with Gasteiger partial charge in [-0.15, -0.1) is 0 Å². The van der Waals surface area contributed by atoms with Crippen LogP contribution in [0.15, 0.2) is 97.1 Å². The summed E-state index contributed by atoms with van der Waals surface area (Å²) in [4.78, 5) is 64.9. The molecule has 96 heavy (non-hydrogen) atoms. The van der Waals surface area contributed by atoms with E-state index >= 15 is 0 Å². The number of aromatic nitrogens is 8. The minimum Gasteiger partial charge on any atom is -0.423 e. The van der Waals surface area contributed by atoms with Crippen LogP contribution in [0, 0.1) is 10.3 Å². The lowest BCUT2D eigenvalue weighted by atomic mass is 9.80. The van der Waals surface area contributed by atoms with Gasteiger partial charge in [-0.1, -0.05) is 149 Å². The maximum Gasteiger partial charge on any atom is 0.488 e. The number of carbonyl (C=O) groups excluding carboxylic acids is 5. The van der Waals surface area contributed by atoms with Crippen LogP contribution >= 0.6 is 115 Å². The normalized spacial score (nSPS) is 13.2. The molecule has 4 aliphatic heterocycles. The van der Waals surface area contributed by atoms with E-state index in [0.717, 1.165) is 95.6 Å². The molecule has 9 aromatic rings. The first-order chi connectivity index (χ1) is 45.3. The van der Waals surface area contributed by atoms with E-state index in [1.54, 1.807) is 88.4 Å². The molecular weight excluding hydrogens is 1510 g/mol. The summed E-state index contributed by atoms with van der Waals surface area (Å²) in [5.41, 5.74) is 32.6. The highest BCUT2D eigenvalue weighted by molar-refractivity contribution is 14.1. The Balaban J connectivity index is 0.000000160. The van der Waals surface area contributed by atoms with Gasteiger partial charge in [0.2, 0.25) is 5.91 Å². The number of nitrogens with two attached hydrogens (primary N) is 4. The Kier molecular flexibility index (Phi) is 25.9. The highest BCUT2D eigenvalue weighted by Crippen LogP contribution is 2.36. The van der Waals surface area contributed by atoms with E-state index in [1.807, 2.05) is 14.0 Å². The van der Waals surface area contributed by atoms with Crippen molar-refractivity contribution in [2.75, 3.05) is 13.1 Å². The number of aryl methyl sites for hydroxylation is 2. The van der Waals surface area contributed by atoms with Gasteiger partial charge in [-0.05, 0) is 121 Å². The van der Waals surface area contributed by atoms with Crippen molar-refractivity contribution in [2.24, 2.45) is 22.9 Å². The Morgan fingerprint density at radius 2 is 0.927 bits per heavy atom. The zero-order valence-corrected chi connectivity index (χ0v) is 58.2. The van der Waals surface area contributed by atoms with Gasteiger partial charge in [0.25, 0.3) is 23.6 Å². The van der Waals surface area contributed by atoms with Crippen molar-refractivity contribution < 1.29 is 34.0 Å². The van der Waals surface area contributed by atoms with Gasteiger partial charge in [0.1, 0.15) is 20.8 Å². The average Bonchev–Trinajstić information content (AvgIpc) is 1.65. The van der Waals surface area contributed by atoms with Crippen molar-refractivity contribution in [1.82, 2.24) is 49.3 Å². The van der Waals surface area contributed by atoms with E-state index in [4.69, 9.17) is 132 Å². The van der Waals surface area contributed by atoms with E-state index in [9.17, 15) is 24.0 Å². The Labute approximate surface area is 606 Å². The van der Waals surface area contributed by atoms with Crippen LogP contribution in [-0.4, -0.2) is 104 Å². The summed E-state index contributed by atoms with van der Waals surface area (Å²) < 4.78 is 8.05. The second kappa shape index (κ2) is 33.4. The zero-order valence-electron chi connectivity index (χ0n) is 50.0. The van der Waals surface area contributed by atoms with Crippen molar-refractivity contribution in [3.05, 3.63) is 203 Å². The molecule has 0 atom stereocenters. The molecule has 500 valence electrons. The van der Waals surface area contributed by atoms with Crippen LogP contribution in [0.4, 0.5) is 5.69 Å². The molecule has 22 nitrogen and oxygen atoms in total. The van der Waals surface area contributed by atoms with Gasteiger partial charge in [0.05, 0.1) is 118 Å². The average molecular weight is 1570 g/mol. The van der Waals surface area contributed by atoms with Gasteiger partial charge in [-0.25, -0.2) is 4.85 Å². The van der Waals surface area contributed by atoms with Crippen LogP contribution in [0.1, 0.15) is 103 Å². The molecule has 0 unspecified atom stereocenters. The molecule has 13 rings (SSSR count). The summed E-state index contributed by atoms with van der Waals surface area (Å²) in [7, 11) is -1.50. The van der Waals surface area contributed by atoms with Crippen LogP contribution in [0.25, 0.3) is 38.6 Å². The maximum absolute atomic E-state index is 12.9. The minimum absolute atomic E-state index is 0. The summed E-state index contributed by atoms with van der Waals surface area (Å²) in [5.74, 6) is -1.99. The predicted molar refractivity (Wildman–Crippen MR) is 384 cm³/mol. The Morgan fingerprint density at radius 3 is 1.38 bits per heavy atom. The summed E-state index contributed by atoms with van der Waals surface area (Å²) in [5, 5.41) is 41.7. The fraction of sp³-hybridized carbons (Fsp3) is 0.250. The molecule has 4 aliphatic rings. The first-order valence-electron chi connectivity index (χ1n) is 29.2. The van der Waals surface area contributed by atoms with Gasteiger partial charge in [-0.3, -0.25) is 42.7 Å². The molecule has 0 bridgehead atoms. The van der Waals surface area contributed by atoms with Gasteiger partial charge < -0.3 is 43.2 Å². The van der Waals surface area contributed by atoms with E-state index in [0.29, 0.717) is 123 Å². The molecule has 0 fully saturated rings. The van der Waals surface area contributed by atoms with E-state index in [-0.39, 0.29) is 37.8 Å². The predicted octanol–water partition coefficient (Wildman–Crippen LogP) is 11.7. The highest BCUT2D eigenvalue weighted by atomic mass is 127. The van der Waals surface area contributed by atoms with Crippen LogP contribution in [0.5, 0.6) is 0 Å². The number of nitrogens with zero attached hydrogens (tertiary/aromatic N) is 10. The molecule has 4 aromatic heterocycles. The third kappa shape index (κ3) is 17.5. The molecule has 0 saturated carbocycles. The lowest BCUT2D eigenvalue weighted by Gasteiger charge is -2.28. The standard InChI is InChI=1S/C22H17Cl2N5O2.C14H13Cl2N3O.C13H12Cl2N4O.C8H10IN3O.C6H5BCl2O2.CH4/c1-26-15-5-2-13(3-6-15)10-19(30)28-8-9-29-18(12-28)20(22(25)31)21(27-29)14-4-7-16(23)17(24)11-14;15-9-5-4-8(7-10(9)16)13-12(14(17)20)11-3-1-2-6-19(11)18-13;14-8-2-1-7(5-9(8)15)12-11(13(16)20)10-6-17-3-4-19(10)18-12;9-7-6(8(10)13)5-3-1-2-4-12(5)11-7;8-5-2-1-4(7(10)11)3-6(5)9;/h2-7,11H,8-10,12H2,(H2,25,31);4-5,7H,1-3,6H2,(H2,17,20);1-2,5,17H,3-4,6H2,(H2,16,20);1-4H2,(H2,10,13);1-3,10-11H;1H4. The number of hydrogen-bond donors (Lipinski definition) is 7. The third-order valence-corrected chi connectivity index (χ3v) is 19.3. The lowest BCUT2D eigenvalue weighted by molar-refractivity contribution is -0.132. The Hall–Kier alpha value is -7.23. The fourth-order valence-electron chi connectivity index (χ4n) is 10.9. The molecule has 0 aliphatic carbocycles. The Morgan fingerprint density at radius 1 is 0.510 bits per heavy atom. The van der Waals surface area contributed by atoms with Gasteiger partial charge in [0.15, 0.2) is 5.69 Å². The minimum atomic E-state index is -1.50. The monoisotopic (exact) mass is 1570 g/mol. The number of halogens is 9. The Bertz CT molecular complexity index is 4360. The van der Waals surface area contributed by atoms with Crippen molar-refractivity contribution >= 4 is 163 Å². The number of carbonyl (C=O) groups is 5. The number of rotatable bonds is 10. The number of primary amides is 4. The van der Waals surface area contributed by atoms with Crippen molar-refractivity contribution in [3.63, 3.8) is 0 Å². The molecule has 11 N–H and O–H groups in total. The summed E-state index contributed by atoms with van der Waals surface area (Å²) in [6.07, 6.45) is 6.34. The van der Waals surface area contributed by atoms with Crippen molar-refractivity contribution in [1.29, 1.82) is 0 Å². The van der Waals surface area contributed by atoms with Gasteiger partial charge >= 0.3 is 7.12 Å². The van der Waals surface area contributed by atoms with Gasteiger partial charge in [-0.2, -0.15) is 20.4 Å². The molecule has 32 heteroatoms. The molecule has 0 saturated heterocycles. The SMILES string of the molecule is C.NC(=O)c1c(-c2ccc(Cl)c(Cl)c2)nn2c1CCCC2.NC(=O)c1c(-c2ccc(Cl)c(Cl)c2)nn2c1CNCC2.NC(=O)c1c(I)nn2c1CCCC2.OB(O)c1ccc(Cl)c(Cl)c1.[C-]#[N+]c1ccc(CC(=O)N2CCn3nc(-c4ccc(Cl)c(Cl)c4)c(C(N)=O)c3C2)cc1. The number of amides is 5. The van der Waals surface area contributed by atoms with Crippen molar-refractivity contribution in [3.8, 4) is 33.8 Å². The van der Waals surface area contributed by atoms with Crippen LogP contribution < -0.4 is 33.7 Å². The molecule has 5 amide bonds. The first kappa shape index (κ1) is 74.6. The topological polar surface area (TPSA) is 321 Å². The number of hydrogen-bond acceptors (Lipinski definition) is 12. The zero-order chi connectivity index (χ0) is 68.5. The first-order valence-corrected chi connectivity index (χ1v) is 33.3. The quantitative estimate of drug-likeness (QED) is 0.0382. The second-order valence-corrected chi connectivity index (χ2v) is 26.0. The molecule has 0 radical (unpaired) electrons. The summed E-state index contributed by atoms with van der Waals surface area (Å²) >= 11 is 49.3. The summed E-state index contributed by atoms with van der Waals surface area (Å²) in [6.45, 7) is 12.0. The molecule has 0 spiro atoms. The van der Waals surface area contributed by atoms with Crippen LogP contribution in [0.3, 0.4) is 0 Å². The van der Waals surface area contributed by atoms with Crippen molar-refractivity contribution in [2.45, 2.75) is 91.6 Å². The number of nitrogens with one attached hydrogen (secondary N) is 1. The summed E-state index contributed by atoms with van der Waals surface area (Å²) in [6, 6.07) is 26.7. The second-order valence-electron chi connectivity index (χ2n) is 21.8. The molecule has 5 aromatic carbocycles. The maximum atomic E-state index is 12.9. The lowest BCUT2D eigenvalue weighted by Crippen LogP contribution is -2.40. The van der Waals surface area contributed by atoms with Crippen LogP contribution in [-0.2, 0) is 63.3 Å². The van der Waals surface area contributed by atoms with E-state index in [2.05, 4.69) is 53.1 Å². The third-order valence-electron chi connectivity index (χ3n) is 15.6. The largest absolute Gasteiger partial charge is 0.488 e. The smallest absolute Gasteiger partial charge is 0.423 e. The molecular formula is C64H61BCl8IN15O7. The number of benzene rings is 5. The van der Waals surface area contributed by atoms with Crippen LogP contribution in [0.2, 0.25) is 40.2 Å². The van der Waals surface area contributed by atoms with Gasteiger partial charge in [0, 0.05) is 49.4 Å². The fourth-order valence-corrected chi connectivity index (χ4v) is 13.0. The highest BCUT2D eigenvalue weighted by Gasteiger charge is 2.31. The van der Waals surface area contributed by atoms with E-state index in [1.165, 1.54) is 18.2 Å². The number of fused-ring (bicyclic) bond motifs is 4. The molecule has 8 heterocycles. The van der Waals surface area contributed by atoms with E-state index < -0.39 is 24.8 Å².